The first-order valence-corrected chi connectivity index (χ1v) is 11.9. The number of fused-ring (bicyclic) bond motifs is 1. The van der Waals surface area contributed by atoms with Gasteiger partial charge in [0, 0.05) is 22.6 Å². The molecule has 1 N–H and O–H groups in total. The zero-order chi connectivity index (χ0) is 24.8. The molecular weight excluding hydrogens is 467 g/mol. The summed E-state index contributed by atoms with van der Waals surface area (Å²) >= 11 is 0. The van der Waals surface area contributed by atoms with Crippen LogP contribution in [0.5, 0.6) is 5.75 Å². The minimum atomic E-state index is -3.82. The van der Waals surface area contributed by atoms with Crippen molar-refractivity contribution < 1.29 is 36.4 Å². The van der Waals surface area contributed by atoms with Gasteiger partial charge in [-0.2, -0.15) is 0 Å². The molecule has 34 heavy (non-hydrogen) atoms. The molecule has 9 nitrogen and oxygen atoms in total. The molecule has 0 atom stereocenters. The van der Waals surface area contributed by atoms with E-state index in [4.69, 9.17) is 13.7 Å². The Morgan fingerprint density at radius 1 is 1.21 bits per heavy atom. The van der Waals surface area contributed by atoms with Crippen LogP contribution >= 0.6 is 0 Å². The first kappa shape index (κ1) is 23.3. The van der Waals surface area contributed by atoms with Crippen LogP contribution in [-0.2, 0) is 16.6 Å². The third kappa shape index (κ3) is 4.10. The number of halogens is 1. The summed E-state index contributed by atoms with van der Waals surface area (Å²) in [6.45, 7) is 3.30. The molecule has 0 aliphatic heterocycles. The lowest BCUT2D eigenvalue weighted by atomic mass is 10.0. The molecule has 0 aliphatic rings. The summed E-state index contributed by atoms with van der Waals surface area (Å²) in [4.78, 5) is 12.1. The smallest absolute Gasteiger partial charge is 0.340 e. The molecule has 0 unspecified atom stereocenters. The highest BCUT2D eigenvalue weighted by Gasteiger charge is 2.28. The first-order chi connectivity index (χ1) is 16.0. The van der Waals surface area contributed by atoms with E-state index in [1.165, 1.54) is 43.5 Å². The van der Waals surface area contributed by atoms with E-state index in [0.717, 1.165) is 10.6 Å². The number of aromatic nitrogens is 1. The maximum Gasteiger partial charge on any atom is 0.340 e. The van der Waals surface area contributed by atoms with Gasteiger partial charge < -0.3 is 18.8 Å². The molecule has 0 saturated heterocycles. The number of ether oxygens (including phenoxy) is 1. The van der Waals surface area contributed by atoms with Crippen LogP contribution in [0.15, 0.2) is 45.3 Å². The Balaban J connectivity index is 1.95. The van der Waals surface area contributed by atoms with Crippen molar-refractivity contribution in [2.45, 2.75) is 20.4 Å². The number of rotatable bonds is 7. The molecule has 0 spiro atoms. The number of furan rings is 1. The standard InChI is InChI=1S/C23H21FN2O7S/c1-12-17(13(2)33-25-12)11-26(34(4,29)30)18-10-19-16(9-20(18)31-3)21(23(27)28)22(32-19)14-5-7-15(24)8-6-14/h5-10H,11H2,1-4H3,(H,27,28). The van der Waals surface area contributed by atoms with Crippen molar-refractivity contribution in [1.29, 1.82) is 0 Å². The molecule has 0 amide bonds. The van der Waals surface area contributed by atoms with Gasteiger partial charge in [0.25, 0.3) is 0 Å². The third-order valence-electron chi connectivity index (χ3n) is 5.46. The Morgan fingerprint density at radius 3 is 2.41 bits per heavy atom. The molecule has 4 rings (SSSR count). The topological polar surface area (TPSA) is 123 Å². The van der Waals surface area contributed by atoms with Crippen LogP contribution in [0.4, 0.5) is 10.1 Å². The summed E-state index contributed by atoms with van der Waals surface area (Å²) in [6, 6.07) is 8.00. The number of hydrogen-bond acceptors (Lipinski definition) is 7. The SMILES string of the molecule is COc1cc2c(C(=O)O)c(-c3ccc(F)cc3)oc2cc1N(Cc1c(C)noc1C)S(C)(=O)=O. The minimum absolute atomic E-state index is 0.0123. The normalized spacial score (nSPS) is 11.7. The second-order valence-electron chi connectivity index (χ2n) is 7.71. The minimum Gasteiger partial charge on any atom is -0.495 e. The van der Waals surface area contributed by atoms with Crippen LogP contribution in [0.25, 0.3) is 22.3 Å². The van der Waals surface area contributed by atoms with Crippen molar-refractivity contribution >= 4 is 32.6 Å². The lowest BCUT2D eigenvalue weighted by Gasteiger charge is -2.24. The number of aromatic carboxylic acids is 1. The van der Waals surface area contributed by atoms with Gasteiger partial charge in [0.1, 0.15) is 34.2 Å². The van der Waals surface area contributed by atoms with E-state index < -0.39 is 21.8 Å². The average Bonchev–Trinajstić information content (AvgIpc) is 3.30. The Bertz CT molecular complexity index is 1490. The van der Waals surface area contributed by atoms with Gasteiger partial charge in [-0.05, 0) is 44.2 Å². The number of aryl methyl sites for hydroxylation is 2. The van der Waals surface area contributed by atoms with E-state index in [0.29, 0.717) is 22.6 Å². The maximum atomic E-state index is 13.4. The van der Waals surface area contributed by atoms with Gasteiger partial charge in [0.2, 0.25) is 10.0 Å². The largest absolute Gasteiger partial charge is 0.495 e. The number of nitrogens with zero attached hydrogens (tertiary/aromatic N) is 2. The quantitative estimate of drug-likeness (QED) is 0.403. The van der Waals surface area contributed by atoms with E-state index in [-0.39, 0.29) is 40.3 Å². The molecule has 0 fully saturated rings. The highest BCUT2D eigenvalue weighted by molar-refractivity contribution is 7.92. The van der Waals surface area contributed by atoms with Crippen molar-refractivity contribution in [2.75, 3.05) is 17.7 Å². The van der Waals surface area contributed by atoms with Crippen molar-refractivity contribution in [2.24, 2.45) is 0 Å². The first-order valence-electron chi connectivity index (χ1n) is 10.0. The van der Waals surface area contributed by atoms with Gasteiger partial charge in [-0.3, -0.25) is 4.31 Å². The summed E-state index contributed by atoms with van der Waals surface area (Å²) in [5, 5.41) is 14.0. The summed E-state index contributed by atoms with van der Waals surface area (Å²) < 4.78 is 56.5. The number of hydrogen-bond donors (Lipinski definition) is 1. The molecule has 0 radical (unpaired) electrons. The molecule has 11 heteroatoms. The zero-order valence-corrected chi connectivity index (χ0v) is 19.6. The van der Waals surface area contributed by atoms with Crippen LogP contribution < -0.4 is 9.04 Å². The fraction of sp³-hybridized carbons (Fsp3) is 0.217. The molecule has 2 heterocycles. The Kier molecular flexibility index (Phi) is 5.82. The average molecular weight is 488 g/mol. The van der Waals surface area contributed by atoms with Crippen LogP contribution in [-0.4, -0.2) is 38.0 Å². The number of benzene rings is 2. The monoisotopic (exact) mass is 488 g/mol. The Hall–Kier alpha value is -3.86. The summed E-state index contributed by atoms with van der Waals surface area (Å²) in [5.74, 6) is -1.14. The van der Waals surface area contributed by atoms with Crippen molar-refractivity contribution in [3.8, 4) is 17.1 Å². The van der Waals surface area contributed by atoms with Gasteiger partial charge in [-0.1, -0.05) is 5.16 Å². The second kappa shape index (κ2) is 8.49. The Morgan fingerprint density at radius 2 is 1.88 bits per heavy atom. The lowest BCUT2D eigenvalue weighted by Crippen LogP contribution is -2.30. The summed E-state index contributed by atoms with van der Waals surface area (Å²) in [6.07, 6.45) is 1.05. The van der Waals surface area contributed by atoms with Crippen molar-refractivity contribution in [3.63, 3.8) is 0 Å². The number of carboxylic acids is 1. The fourth-order valence-electron chi connectivity index (χ4n) is 3.74. The predicted octanol–water partition coefficient (Wildman–Crippen LogP) is 4.52. The third-order valence-corrected chi connectivity index (χ3v) is 6.59. The molecule has 4 aromatic rings. The van der Waals surface area contributed by atoms with E-state index in [9.17, 15) is 22.7 Å². The van der Waals surface area contributed by atoms with E-state index in [1.54, 1.807) is 13.8 Å². The van der Waals surface area contributed by atoms with Crippen LogP contribution in [0, 0.1) is 19.7 Å². The van der Waals surface area contributed by atoms with Crippen molar-refractivity contribution in [1.82, 2.24) is 5.16 Å². The molecule has 0 bridgehead atoms. The van der Waals surface area contributed by atoms with Gasteiger partial charge in [0.05, 0.1) is 31.3 Å². The number of anilines is 1. The number of sulfonamides is 1. The molecule has 0 aliphatic carbocycles. The molecule has 2 aromatic carbocycles. The maximum absolute atomic E-state index is 13.4. The molecule has 0 saturated carbocycles. The van der Waals surface area contributed by atoms with Crippen LogP contribution in [0.2, 0.25) is 0 Å². The molecule has 178 valence electrons. The van der Waals surface area contributed by atoms with Gasteiger partial charge in [-0.25, -0.2) is 17.6 Å². The van der Waals surface area contributed by atoms with Crippen LogP contribution in [0.3, 0.4) is 0 Å². The highest BCUT2D eigenvalue weighted by Crippen LogP contribution is 2.41. The Labute approximate surface area is 194 Å². The molecular formula is C23H21FN2O7S. The van der Waals surface area contributed by atoms with E-state index in [1.807, 2.05) is 0 Å². The van der Waals surface area contributed by atoms with Crippen molar-refractivity contribution in [3.05, 3.63) is 64.8 Å². The van der Waals surface area contributed by atoms with Gasteiger partial charge >= 0.3 is 5.97 Å². The number of methoxy groups -OCH3 is 1. The summed E-state index contributed by atoms with van der Waals surface area (Å²) in [5.41, 5.74) is 1.60. The van der Waals surface area contributed by atoms with Gasteiger partial charge in [0.15, 0.2) is 0 Å². The zero-order valence-electron chi connectivity index (χ0n) is 18.7. The molecule has 2 aromatic heterocycles. The lowest BCUT2D eigenvalue weighted by molar-refractivity contribution is 0.0699. The van der Waals surface area contributed by atoms with E-state index >= 15 is 0 Å². The summed E-state index contributed by atoms with van der Waals surface area (Å²) in [7, 11) is -2.47. The number of carboxylic acid groups (broad SMARTS) is 1. The van der Waals surface area contributed by atoms with Gasteiger partial charge in [-0.15, -0.1) is 0 Å². The highest BCUT2D eigenvalue weighted by atomic mass is 32.2. The second-order valence-corrected chi connectivity index (χ2v) is 9.62. The van der Waals surface area contributed by atoms with Crippen LogP contribution in [0.1, 0.15) is 27.4 Å². The fourth-order valence-corrected chi connectivity index (χ4v) is 4.60. The predicted molar refractivity (Wildman–Crippen MR) is 122 cm³/mol. The number of carbonyl (C=O) groups is 1. The van der Waals surface area contributed by atoms with E-state index in [2.05, 4.69) is 5.16 Å².